The van der Waals surface area contributed by atoms with E-state index in [0.717, 1.165) is 16.7 Å². The highest BCUT2D eigenvalue weighted by Crippen LogP contribution is 2.56. The molecule has 3 aromatic heterocycles. The Kier molecular flexibility index (Phi) is 28.7. The van der Waals surface area contributed by atoms with Gasteiger partial charge >= 0.3 is 17.9 Å². The van der Waals surface area contributed by atoms with Gasteiger partial charge in [-0.25, -0.2) is 14.4 Å². The minimum Gasteiger partial charge on any atom is -0.508 e. The standard InChI is InChI=1S/3C19H19N3O5S.3C15H14O6/c3*1-9-11(12(21-27-9)10-7-5-4-6-8-10)15(23)20-13-16(24)22-14(18(25)26)19(2,3)28-17(13)22;3*16-8-4-11(18)9-6-13(20)15(21-14(9)5-8)7-1-2-10(17)12(19)3-7/h3*4-8,13-14,17H,1-3H3,(H,20,23)(H,25,26);3*1-5,13,15-20H,6H2/t3*13-,14+,17-;3*13-,15+/m111000/s1. The lowest BCUT2D eigenvalue weighted by Gasteiger charge is -2.43. The van der Waals surface area contributed by atoms with Crippen LogP contribution in [-0.2, 0) is 48.0 Å². The number of phenolic OH excluding ortho intramolecular Hbond substituents is 12. The SMILES string of the molecule is Cc1onc(-c2ccccc2)c1C(=O)N[C@@H]1C(=O)N2[C@@H]1SC(C)(C)[C@@H]2C(=O)O.Cc1onc(-c2ccccc2)c1C(=O)N[C@@H]1C(=O)N2[C@@H]1SC(C)(C)[C@@H]2C(=O)O.Cc1onc(-c2ccccc2)c1C(=O)N[C@@H]1C(=O)N2[C@@H]1SC(C)(C)[C@@H]2C(=O)O.Oc1cc(O)c2c(c1)O[C@H](c1ccc(O)c(O)c1)[C@@H](O)C2.Oc1cc(O)c2c(c1)O[C@H](c1ccc(O)c(O)c1)[C@@H](O)C2.Oc1cc(O)c2c(c1)O[C@H](c1ccc(O)c(O)c1)[C@@H](O)C2. The van der Waals surface area contributed by atoms with Crippen LogP contribution in [0.2, 0.25) is 0 Å². The number of aliphatic carboxylic acids is 3. The number of aliphatic hydroxyl groups excluding tert-OH is 3. The lowest BCUT2D eigenvalue weighted by Crippen LogP contribution is -2.70. The first-order chi connectivity index (χ1) is 69.5. The van der Waals surface area contributed by atoms with E-state index < -0.39 is 139 Å². The lowest BCUT2D eigenvalue weighted by molar-refractivity contribution is -0.159. The van der Waals surface area contributed by atoms with Crippen molar-refractivity contribution in [2.45, 2.75) is 185 Å². The Bertz CT molecular complexity index is 6500. The molecule has 12 aromatic rings. The van der Waals surface area contributed by atoms with Crippen LogP contribution >= 0.6 is 35.3 Å². The van der Waals surface area contributed by atoms with Crippen LogP contribution in [0.15, 0.2) is 196 Å². The second kappa shape index (κ2) is 40.8. The monoisotopic (exact) mass is 2070 g/mol. The number of rotatable bonds is 15. The molecule has 15 atom stereocenters. The molecule has 0 bridgehead atoms. The van der Waals surface area contributed by atoms with Crippen LogP contribution in [0.1, 0.15) is 142 Å². The number of aromatic hydroxyl groups is 12. The summed E-state index contributed by atoms with van der Waals surface area (Å²) in [6.45, 7) is 15.6. The summed E-state index contributed by atoms with van der Waals surface area (Å²) in [5, 5.41) is 192. The summed E-state index contributed by atoms with van der Waals surface area (Å²) in [7, 11) is 0. The van der Waals surface area contributed by atoms with Crippen LogP contribution in [0.3, 0.4) is 0 Å². The van der Waals surface area contributed by atoms with Crippen molar-refractivity contribution >= 4 is 88.6 Å². The van der Waals surface area contributed by atoms with Gasteiger partial charge in [-0.3, -0.25) is 28.8 Å². The zero-order chi connectivity index (χ0) is 106. The van der Waals surface area contributed by atoms with E-state index in [1.54, 1.807) is 62.3 Å². The Morgan fingerprint density at radius 3 is 0.796 bits per heavy atom. The number of fused-ring (bicyclic) bond motifs is 6. The summed E-state index contributed by atoms with van der Waals surface area (Å²) in [5.74, 6) is -6.41. The fourth-order valence-corrected chi connectivity index (χ4v) is 23.6. The Labute approximate surface area is 847 Å². The molecule has 0 saturated carbocycles. The van der Waals surface area contributed by atoms with Gasteiger partial charge in [-0.1, -0.05) is 125 Å². The predicted molar refractivity (Wildman–Crippen MR) is 523 cm³/mol. The first kappa shape index (κ1) is 104. The maximum atomic E-state index is 12.9. The number of β-lactam (4-membered cyclic amide) rings is 3. The highest BCUT2D eigenvalue weighted by Gasteiger charge is 2.67. The summed E-state index contributed by atoms with van der Waals surface area (Å²) in [6.07, 6.45) is -4.68. The van der Waals surface area contributed by atoms with E-state index in [9.17, 15) is 135 Å². The number of benzene rings is 9. The van der Waals surface area contributed by atoms with Crippen LogP contribution in [0.25, 0.3) is 33.8 Å². The zero-order valence-electron chi connectivity index (χ0n) is 79.2. The minimum absolute atomic E-state index is 0.143. The van der Waals surface area contributed by atoms with E-state index in [1.165, 1.54) is 141 Å². The smallest absolute Gasteiger partial charge is 0.327 e. The van der Waals surface area contributed by atoms with Gasteiger partial charge in [0.1, 0.15) is 173 Å². The fraction of sp³-hybridized carbons (Fsp3) is 0.294. The molecule has 6 amide bonds. The number of aromatic nitrogens is 3. The van der Waals surface area contributed by atoms with Gasteiger partial charge in [0.25, 0.3) is 17.7 Å². The molecule has 6 saturated heterocycles. The zero-order valence-corrected chi connectivity index (χ0v) is 81.6. The van der Waals surface area contributed by atoms with Crippen molar-refractivity contribution in [3.8, 4) is 120 Å². The number of nitrogens with zero attached hydrogens (tertiary/aromatic N) is 6. The Morgan fingerprint density at radius 2 is 0.571 bits per heavy atom. The summed E-state index contributed by atoms with van der Waals surface area (Å²) >= 11 is 4.14. The molecular weight excluding hydrogens is 1980 g/mol. The maximum Gasteiger partial charge on any atom is 0.327 e. The summed E-state index contributed by atoms with van der Waals surface area (Å²) in [4.78, 5) is 115. The molecule has 9 aromatic carbocycles. The third-order valence-corrected chi connectivity index (χ3v) is 30.6. The van der Waals surface area contributed by atoms with E-state index in [1.807, 2.05) is 91.0 Å². The predicted octanol–water partition coefficient (Wildman–Crippen LogP) is 10.3. The third-order valence-electron chi connectivity index (χ3n) is 25.8. The highest BCUT2D eigenvalue weighted by molar-refractivity contribution is 8.02. The quantitative estimate of drug-likeness (QED) is 0.0335. The van der Waals surface area contributed by atoms with Crippen molar-refractivity contribution in [1.82, 2.24) is 46.1 Å². The number of carbonyl (C=O) groups is 9. The highest BCUT2D eigenvalue weighted by atomic mass is 32.2. The Hall–Kier alpha value is -16.2. The molecule has 0 unspecified atom stereocenters. The van der Waals surface area contributed by atoms with Gasteiger partial charge in [0.2, 0.25) is 17.7 Å². The van der Waals surface area contributed by atoms with Gasteiger partial charge in [0.15, 0.2) is 34.5 Å². The van der Waals surface area contributed by atoms with E-state index >= 15 is 0 Å². The van der Waals surface area contributed by atoms with Crippen LogP contribution in [0, 0.1) is 20.8 Å². The molecule has 0 aliphatic carbocycles. The van der Waals surface area contributed by atoms with Crippen molar-refractivity contribution in [3.05, 3.63) is 249 Å². The third kappa shape index (κ3) is 20.3. The van der Waals surface area contributed by atoms with Crippen molar-refractivity contribution in [2.75, 3.05) is 0 Å². The molecule has 0 radical (unpaired) electrons. The molecule has 9 aliphatic rings. The molecule has 0 spiro atoms. The molecule has 9 aliphatic heterocycles. The van der Waals surface area contributed by atoms with E-state index in [-0.39, 0.29) is 140 Å². The molecule has 21 rings (SSSR count). The molecular formula is C102H99N9O33S3. The number of ether oxygens (including phenoxy) is 3. The number of aliphatic hydroxyl groups is 3. The largest absolute Gasteiger partial charge is 0.508 e. The number of amides is 6. The first-order valence-corrected chi connectivity index (χ1v) is 48.1. The van der Waals surface area contributed by atoms with Gasteiger partial charge in [0.05, 0.1) is 18.3 Å². The average Bonchev–Trinajstić information content (AvgIpc) is 1.56. The van der Waals surface area contributed by atoms with Gasteiger partial charge in [-0.2, -0.15) is 0 Å². The van der Waals surface area contributed by atoms with Crippen molar-refractivity contribution in [2.24, 2.45) is 0 Å². The number of carboxylic acids is 3. The van der Waals surface area contributed by atoms with Gasteiger partial charge < -0.3 is 150 Å². The second-order valence-electron chi connectivity index (χ2n) is 37.1. The second-order valence-corrected chi connectivity index (χ2v) is 42.4. The number of aryl methyl sites for hydroxylation is 3. The van der Waals surface area contributed by atoms with Crippen molar-refractivity contribution < 1.29 is 163 Å². The summed E-state index contributed by atoms with van der Waals surface area (Å²) in [5.41, 5.74) is 6.90. The molecule has 42 nitrogen and oxygen atoms in total. The first-order valence-electron chi connectivity index (χ1n) is 45.4. The van der Waals surface area contributed by atoms with E-state index in [0.29, 0.717) is 67.7 Å². The van der Waals surface area contributed by atoms with Crippen LogP contribution in [0.4, 0.5) is 0 Å². The lowest BCUT2D eigenvalue weighted by atomic mass is 9.94. The topological polar surface area (TPSA) is 669 Å². The van der Waals surface area contributed by atoms with E-state index in [4.69, 9.17) is 27.8 Å². The number of thioether (sulfide) groups is 3. The number of nitrogens with one attached hydrogen (secondary N) is 3. The fourth-order valence-electron chi connectivity index (χ4n) is 18.8. The van der Waals surface area contributed by atoms with Crippen LogP contribution < -0.4 is 30.2 Å². The molecule has 45 heteroatoms. The van der Waals surface area contributed by atoms with E-state index in [2.05, 4.69) is 31.4 Å². The molecule has 21 N–H and O–H groups in total. The van der Waals surface area contributed by atoms with Gasteiger partial charge in [-0.15, -0.1) is 35.3 Å². The maximum absolute atomic E-state index is 12.9. The number of hydrogen-bond donors (Lipinski definition) is 21. The number of carbonyl (C=O) groups excluding carboxylic acids is 6. The van der Waals surface area contributed by atoms with Crippen LogP contribution in [0.5, 0.6) is 86.2 Å². The van der Waals surface area contributed by atoms with Crippen molar-refractivity contribution in [3.63, 3.8) is 0 Å². The Balaban J connectivity index is 0.000000127. The minimum atomic E-state index is -1.04. The summed E-state index contributed by atoms with van der Waals surface area (Å²) in [6, 6.07) is 42.4. The molecule has 6 fully saturated rings. The number of phenols is 12. The van der Waals surface area contributed by atoms with Crippen molar-refractivity contribution in [1.29, 1.82) is 0 Å². The van der Waals surface area contributed by atoms with Gasteiger partial charge in [-0.05, 0) is 115 Å². The Morgan fingerprint density at radius 1 is 0.333 bits per heavy atom. The summed E-state index contributed by atoms with van der Waals surface area (Å²) < 4.78 is 30.6. The molecule has 768 valence electrons. The normalized spacial score (nSPS) is 23.2. The number of hydrogen-bond acceptors (Lipinski definition) is 36. The van der Waals surface area contributed by atoms with Gasteiger partial charge in [0, 0.05) is 103 Å². The molecule has 12 heterocycles. The molecule has 147 heavy (non-hydrogen) atoms. The number of carboxylic acid groups (broad SMARTS) is 3. The average molecular weight is 2080 g/mol. The van der Waals surface area contributed by atoms with Crippen LogP contribution in [-0.4, -0.2) is 260 Å².